The van der Waals surface area contributed by atoms with E-state index in [0.717, 1.165) is 24.1 Å². The van der Waals surface area contributed by atoms with E-state index in [9.17, 15) is 14.7 Å². The van der Waals surface area contributed by atoms with Crippen molar-refractivity contribution in [2.24, 2.45) is 0 Å². The predicted octanol–water partition coefficient (Wildman–Crippen LogP) is 2.26. The highest BCUT2D eigenvalue weighted by Gasteiger charge is 2.32. The number of carbonyl (C=O) groups excluding carboxylic acids is 1. The molecule has 120 valence electrons. The van der Waals surface area contributed by atoms with Crippen LogP contribution in [0.15, 0.2) is 36.7 Å². The fourth-order valence-corrected chi connectivity index (χ4v) is 2.91. The molecule has 23 heavy (non-hydrogen) atoms. The first kappa shape index (κ1) is 15.3. The number of benzene rings is 1. The van der Waals surface area contributed by atoms with Crippen molar-refractivity contribution in [3.8, 4) is 5.69 Å². The normalized spacial score (nSPS) is 18.0. The Kier molecular flexibility index (Phi) is 4.14. The smallest absolute Gasteiger partial charge is 0.326 e. The van der Waals surface area contributed by atoms with Crippen molar-refractivity contribution in [1.82, 2.24) is 14.7 Å². The third kappa shape index (κ3) is 3.11. The number of hydrogen-bond donors (Lipinski definition) is 1. The van der Waals surface area contributed by atoms with Gasteiger partial charge in [-0.3, -0.25) is 4.79 Å². The van der Waals surface area contributed by atoms with Gasteiger partial charge in [-0.2, -0.15) is 5.10 Å². The molecular weight excluding hydrogens is 294 g/mol. The third-order valence-corrected chi connectivity index (χ3v) is 4.14. The van der Waals surface area contributed by atoms with Gasteiger partial charge in [-0.1, -0.05) is 0 Å². The van der Waals surface area contributed by atoms with E-state index in [4.69, 9.17) is 0 Å². The topological polar surface area (TPSA) is 75.4 Å². The van der Waals surface area contributed by atoms with Gasteiger partial charge in [0.1, 0.15) is 6.04 Å². The zero-order chi connectivity index (χ0) is 16.4. The van der Waals surface area contributed by atoms with Crippen molar-refractivity contribution < 1.29 is 14.7 Å². The second kappa shape index (κ2) is 6.24. The first-order valence-electron chi connectivity index (χ1n) is 7.72. The van der Waals surface area contributed by atoms with Gasteiger partial charge >= 0.3 is 5.97 Å². The number of carboxylic acid groups (broad SMARTS) is 1. The first-order valence-corrected chi connectivity index (χ1v) is 7.72. The van der Waals surface area contributed by atoms with Gasteiger partial charge in [-0.15, -0.1) is 0 Å². The number of aliphatic carboxylic acids is 1. The molecule has 2 aromatic rings. The highest BCUT2D eigenvalue weighted by molar-refractivity contribution is 5.96. The van der Waals surface area contributed by atoms with Crippen LogP contribution in [0, 0.1) is 6.92 Å². The predicted molar refractivity (Wildman–Crippen MR) is 84.6 cm³/mol. The molecule has 1 unspecified atom stereocenters. The minimum Gasteiger partial charge on any atom is -0.480 e. The van der Waals surface area contributed by atoms with Crippen LogP contribution in [-0.4, -0.2) is 44.3 Å². The summed E-state index contributed by atoms with van der Waals surface area (Å²) in [5.74, 6) is -1.15. The number of carboxylic acids is 1. The summed E-state index contributed by atoms with van der Waals surface area (Å²) in [4.78, 5) is 25.4. The maximum atomic E-state index is 12.6. The molecule has 0 spiro atoms. The molecule has 0 radical (unpaired) electrons. The maximum Gasteiger partial charge on any atom is 0.326 e. The van der Waals surface area contributed by atoms with Gasteiger partial charge in [-0.25, -0.2) is 9.48 Å². The number of likely N-dealkylation sites (tertiary alicyclic amines) is 1. The molecule has 6 nitrogen and oxygen atoms in total. The minimum atomic E-state index is -0.929. The van der Waals surface area contributed by atoms with Crippen LogP contribution in [0.5, 0.6) is 0 Å². The standard InChI is InChI=1S/C17H19N3O3/c1-12-10-18-20(11-12)14-7-5-13(6-8-14)16(21)19-9-3-2-4-15(19)17(22)23/h5-8,10-11,15H,2-4,9H2,1H3,(H,22,23). The Morgan fingerprint density at radius 1 is 1.22 bits per heavy atom. The number of rotatable bonds is 3. The quantitative estimate of drug-likeness (QED) is 0.943. The summed E-state index contributed by atoms with van der Waals surface area (Å²) in [7, 11) is 0. The molecule has 0 aliphatic carbocycles. The summed E-state index contributed by atoms with van der Waals surface area (Å²) in [6.07, 6.45) is 5.89. The summed E-state index contributed by atoms with van der Waals surface area (Å²) in [5, 5.41) is 13.5. The van der Waals surface area contributed by atoms with Gasteiger partial charge in [-0.05, 0) is 56.0 Å². The number of piperidine rings is 1. The van der Waals surface area contributed by atoms with E-state index in [1.807, 2.05) is 25.3 Å². The monoisotopic (exact) mass is 313 g/mol. The summed E-state index contributed by atoms with van der Waals surface area (Å²) in [6, 6.07) is 6.37. The number of nitrogens with zero attached hydrogens (tertiary/aromatic N) is 3. The molecule has 1 N–H and O–H groups in total. The molecule has 2 heterocycles. The molecule has 6 heteroatoms. The summed E-state index contributed by atoms with van der Waals surface area (Å²) >= 11 is 0. The Morgan fingerprint density at radius 2 is 1.96 bits per heavy atom. The van der Waals surface area contributed by atoms with E-state index in [-0.39, 0.29) is 5.91 Å². The van der Waals surface area contributed by atoms with Crippen molar-refractivity contribution in [1.29, 1.82) is 0 Å². The number of aryl methyl sites for hydroxylation is 1. The SMILES string of the molecule is Cc1cnn(-c2ccc(C(=O)N3CCCCC3C(=O)O)cc2)c1. The first-order chi connectivity index (χ1) is 11.1. The molecular formula is C17H19N3O3. The van der Waals surface area contributed by atoms with E-state index in [2.05, 4.69) is 5.10 Å². The van der Waals surface area contributed by atoms with Crippen molar-refractivity contribution in [2.75, 3.05) is 6.54 Å². The Bertz CT molecular complexity index is 721. The van der Waals surface area contributed by atoms with Crippen LogP contribution >= 0.6 is 0 Å². The summed E-state index contributed by atoms with van der Waals surface area (Å²) in [5.41, 5.74) is 2.43. The summed E-state index contributed by atoms with van der Waals surface area (Å²) in [6.45, 7) is 2.46. The van der Waals surface area contributed by atoms with Crippen LogP contribution in [0.2, 0.25) is 0 Å². The molecule has 3 rings (SSSR count). The Labute approximate surface area is 134 Å². The van der Waals surface area contributed by atoms with E-state index in [1.165, 1.54) is 4.90 Å². The fourth-order valence-electron chi connectivity index (χ4n) is 2.91. The maximum absolute atomic E-state index is 12.6. The van der Waals surface area contributed by atoms with Crippen molar-refractivity contribution in [2.45, 2.75) is 32.2 Å². The van der Waals surface area contributed by atoms with Crippen LogP contribution < -0.4 is 0 Å². The lowest BCUT2D eigenvalue weighted by atomic mass is 10.0. The number of aromatic nitrogens is 2. The number of amides is 1. The van der Waals surface area contributed by atoms with Gasteiger partial charge in [0, 0.05) is 18.3 Å². The minimum absolute atomic E-state index is 0.222. The molecule has 1 aromatic carbocycles. The third-order valence-electron chi connectivity index (χ3n) is 4.14. The van der Waals surface area contributed by atoms with E-state index < -0.39 is 12.0 Å². The highest BCUT2D eigenvalue weighted by atomic mass is 16.4. The lowest BCUT2D eigenvalue weighted by Crippen LogP contribution is -2.47. The van der Waals surface area contributed by atoms with Crippen LogP contribution in [0.25, 0.3) is 5.69 Å². The molecule has 1 atom stereocenters. The lowest BCUT2D eigenvalue weighted by molar-refractivity contribution is -0.143. The van der Waals surface area contributed by atoms with Gasteiger partial charge in [0.2, 0.25) is 0 Å². The molecule has 1 saturated heterocycles. The van der Waals surface area contributed by atoms with Gasteiger partial charge in [0.15, 0.2) is 0 Å². The fraction of sp³-hybridized carbons (Fsp3) is 0.353. The molecule has 0 bridgehead atoms. The molecule has 1 aromatic heterocycles. The van der Waals surface area contributed by atoms with Crippen molar-refractivity contribution in [3.05, 3.63) is 47.8 Å². The largest absolute Gasteiger partial charge is 0.480 e. The van der Waals surface area contributed by atoms with Gasteiger partial charge in [0.05, 0.1) is 11.9 Å². The number of hydrogen-bond acceptors (Lipinski definition) is 3. The Morgan fingerprint density at radius 3 is 2.57 bits per heavy atom. The zero-order valence-electron chi connectivity index (χ0n) is 13.0. The van der Waals surface area contributed by atoms with Crippen molar-refractivity contribution in [3.63, 3.8) is 0 Å². The van der Waals surface area contributed by atoms with Crippen LogP contribution in [-0.2, 0) is 4.79 Å². The second-order valence-electron chi connectivity index (χ2n) is 5.86. The molecule has 0 saturated carbocycles. The average molecular weight is 313 g/mol. The molecule has 1 fully saturated rings. The second-order valence-corrected chi connectivity index (χ2v) is 5.86. The lowest BCUT2D eigenvalue weighted by Gasteiger charge is -2.33. The van der Waals surface area contributed by atoms with Crippen LogP contribution in [0.4, 0.5) is 0 Å². The summed E-state index contributed by atoms with van der Waals surface area (Å²) < 4.78 is 1.74. The van der Waals surface area contributed by atoms with Gasteiger partial charge < -0.3 is 10.0 Å². The van der Waals surface area contributed by atoms with Crippen LogP contribution in [0.1, 0.15) is 35.2 Å². The Balaban J connectivity index is 1.80. The van der Waals surface area contributed by atoms with E-state index >= 15 is 0 Å². The Hall–Kier alpha value is -2.63. The van der Waals surface area contributed by atoms with E-state index in [1.54, 1.807) is 23.0 Å². The zero-order valence-corrected chi connectivity index (χ0v) is 13.0. The highest BCUT2D eigenvalue weighted by Crippen LogP contribution is 2.20. The molecule has 1 aliphatic heterocycles. The van der Waals surface area contributed by atoms with Crippen LogP contribution in [0.3, 0.4) is 0 Å². The number of carbonyl (C=O) groups is 2. The van der Waals surface area contributed by atoms with Crippen molar-refractivity contribution >= 4 is 11.9 Å². The molecule has 1 amide bonds. The van der Waals surface area contributed by atoms with E-state index in [0.29, 0.717) is 18.5 Å². The molecule has 1 aliphatic rings. The average Bonchev–Trinajstić information content (AvgIpc) is 3.01. The van der Waals surface area contributed by atoms with Gasteiger partial charge in [0.25, 0.3) is 5.91 Å².